The maximum Gasteiger partial charge on any atom is 0.451 e. The zero-order valence-electron chi connectivity index (χ0n) is 25.4. The van der Waals surface area contributed by atoms with Crippen LogP contribution in [-0.2, 0) is 24.7 Å². The molecule has 0 N–H and O–H groups in total. The molecular weight excluding hydrogens is 775 g/mol. The van der Waals surface area contributed by atoms with E-state index in [0.717, 1.165) is 0 Å². The number of aromatic nitrogens is 6. The van der Waals surface area contributed by atoms with E-state index < -0.39 is 132 Å². The van der Waals surface area contributed by atoms with Crippen LogP contribution >= 0.6 is 0 Å². The van der Waals surface area contributed by atoms with Crippen LogP contribution < -0.4 is 0 Å². The molecule has 2 aliphatic carbocycles. The summed E-state index contributed by atoms with van der Waals surface area (Å²) in [6, 6.07) is 7.89. The fourth-order valence-corrected chi connectivity index (χ4v) is 5.24. The highest BCUT2D eigenvalue weighted by atomic mass is 19.4. The molecule has 5 rings (SSSR count). The van der Waals surface area contributed by atoms with Gasteiger partial charge in [-0.25, -0.2) is 34.3 Å². The third-order valence-electron chi connectivity index (χ3n) is 7.21. The number of allylic oxidation sites excluding steroid dienone is 8. The number of hydrogen-bond donors (Lipinski definition) is 0. The molecule has 2 heterocycles. The van der Waals surface area contributed by atoms with Crippen LogP contribution in [0.4, 0.5) is 57.1 Å². The molecule has 2 aromatic heterocycles. The van der Waals surface area contributed by atoms with E-state index in [1.54, 1.807) is 0 Å². The Morgan fingerprint density at radius 3 is 0.945 bits per heavy atom. The van der Waals surface area contributed by atoms with Crippen molar-refractivity contribution in [2.45, 2.75) is 24.7 Å². The van der Waals surface area contributed by atoms with Crippen LogP contribution in [0.25, 0.3) is 33.4 Å². The Kier molecular flexibility index (Phi) is 8.89. The Morgan fingerprint density at radius 2 is 0.727 bits per heavy atom. The van der Waals surface area contributed by atoms with Crippen molar-refractivity contribution >= 4 is 33.4 Å². The molecule has 0 atom stereocenters. The summed E-state index contributed by atoms with van der Waals surface area (Å²) in [6.45, 7) is 0. The van der Waals surface area contributed by atoms with Crippen molar-refractivity contribution < 1.29 is 57.1 Å². The molecule has 12 nitrogen and oxygen atoms in total. The van der Waals surface area contributed by atoms with Gasteiger partial charge in [-0.2, -0.15) is 84.3 Å². The molecule has 25 heteroatoms. The molecule has 0 unspecified atom stereocenters. The normalized spacial score (nSPS) is 13.9. The minimum Gasteiger partial charge on any atom is -0.206 e. The Morgan fingerprint density at radius 1 is 0.455 bits per heavy atom. The number of nitriles is 6. The van der Waals surface area contributed by atoms with Gasteiger partial charge in [0.25, 0.3) is 0 Å². The Balaban J connectivity index is 2.02. The molecule has 272 valence electrons. The second-order valence-electron chi connectivity index (χ2n) is 10.3. The molecule has 2 aliphatic rings. The first-order valence-corrected chi connectivity index (χ1v) is 13.6. The van der Waals surface area contributed by atoms with E-state index in [-0.39, 0.29) is 0 Å². The third kappa shape index (κ3) is 6.26. The third-order valence-corrected chi connectivity index (χ3v) is 7.21. The van der Waals surface area contributed by atoms with Crippen molar-refractivity contribution in [1.29, 1.82) is 31.6 Å². The van der Waals surface area contributed by atoms with E-state index in [2.05, 4.69) is 29.9 Å². The molecular formula is C30HF13N12. The predicted octanol–water partition coefficient (Wildman–Crippen LogP) is 6.77. The second-order valence-corrected chi connectivity index (χ2v) is 10.3. The van der Waals surface area contributed by atoms with Gasteiger partial charge in [0.05, 0.1) is 11.1 Å². The zero-order valence-corrected chi connectivity index (χ0v) is 25.4. The molecule has 0 radical (unpaired) electrons. The average molecular weight is 776 g/mol. The maximum absolute atomic E-state index is 17.1. The van der Waals surface area contributed by atoms with Crippen LogP contribution in [0, 0.1) is 73.8 Å². The smallest absolute Gasteiger partial charge is 0.206 e. The van der Waals surface area contributed by atoms with Crippen molar-refractivity contribution in [3.8, 4) is 36.4 Å². The van der Waals surface area contributed by atoms with Gasteiger partial charge in [0.1, 0.15) is 53.4 Å². The van der Waals surface area contributed by atoms with Gasteiger partial charge in [0.15, 0.2) is 11.6 Å². The van der Waals surface area contributed by atoms with Gasteiger partial charge >= 0.3 is 24.7 Å². The van der Waals surface area contributed by atoms with Crippen LogP contribution in [0.5, 0.6) is 0 Å². The highest BCUT2D eigenvalue weighted by Crippen LogP contribution is 2.55. The minimum atomic E-state index is -5.75. The minimum absolute atomic E-state index is 0.511. The largest absolute Gasteiger partial charge is 0.451 e. The Bertz CT molecular complexity index is 2390. The lowest BCUT2D eigenvalue weighted by molar-refractivity contribution is -0.156. The second kappa shape index (κ2) is 12.7. The topological polar surface area (TPSA) is 220 Å². The molecule has 55 heavy (non-hydrogen) atoms. The van der Waals surface area contributed by atoms with Crippen molar-refractivity contribution in [3.63, 3.8) is 0 Å². The fraction of sp³-hybridized carbons (Fsp3) is 0.133. The Labute approximate surface area is 293 Å². The summed E-state index contributed by atoms with van der Waals surface area (Å²) in [5.74, 6) is -15.4. The van der Waals surface area contributed by atoms with E-state index in [9.17, 15) is 84.3 Å². The molecule has 1 aromatic carbocycles. The molecule has 0 aliphatic heterocycles. The van der Waals surface area contributed by atoms with E-state index in [4.69, 9.17) is 0 Å². The van der Waals surface area contributed by atoms with Gasteiger partial charge in [-0.1, -0.05) is 0 Å². The van der Waals surface area contributed by atoms with Crippen LogP contribution in [0.1, 0.15) is 57.2 Å². The number of rotatable bonds is 2. The summed E-state index contributed by atoms with van der Waals surface area (Å²) >= 11 is 0. The summed E-state index contributed by atoms with van der Waals surface area (Å²) in [5.41, 5.74) is -14.6. The van der Waals surface area contributed by atoms with Crippen LogP contribution in [0.15, 0.2) is 17.2 Å². The molecule has 0 saturated heterocycles. The number of hydrogen-bond acceptors (Lipinski definition) is 12. The fourth-order valence-electron chi connectivity index (χ4n) is 5.24. The Hall–Kier alpha value is -7.77. The summed E-state index contributed by atoms with van der Waals surface area (Å²) in [4.78, 5) is 16.2. The van der Waals surface area contributed by atoms with Gasteiger partial charge in [-0.05, 0) is 6.07 Å². The van der Waals surface area contributed by atoms with Gasteiger partial charge in [-0.15, -0.1) is 0 Å². The molecule has 3 aromatic rings. The SMILES string of the molecule is N#CC(C#N)=C1C(c2nc(C(F)(F)F)nc(C(F)(F)F)n2)=C(C#N)c2cc3c(c(F)c21)C(=C(C#N)C#N)C(c1nc(C(F)(F)F)nc(C(F)(F)F)n1)=C3C#N. The summed E-state index contributed by atoms with van der Waals surface area (Å²) < 4.78 is 181. The zero-order chi connectivity index (χ0) is 41.2. The van der Waals surface area contributed by atoms with Gasteiger partial charge < -0.3 is 0 Å². The van der Waals surface area contributed by atoms with E-state index in [0.29, 0.717) is 6.07 Å². The number of alkyl halides is 12. The lowest BCUT2D eigenvalue weighted by Crippen LogP contribution is -2.21. The van der Waals surface area contributed by atoms with E-state index >= 15 is 4.39 Å². The molecule has 0 saturated carbocycles. The quantitative estimate of drug-likeness (QED) is 0.194. The number of nitrogens with zero attached hydrogens (tertiary/aromatic N) is 12. The van der Waals surface area contributed by atoms with E-state index in [1.807, 2.05) is 0 Å². The first kappa shape index (κ1) is 38.5. The first-order chi connectivity index (χ1) is 25.5. The highest BCUT2D eigenvalue weighted by molar-refractivity contribution is 6.29. The van der Waals surface area contributed by atoms with Crippen molar-refractivity contribution in [2.24, 2.45) is 0 Å². The predicted molar refractivity (Wildman–Crippen MR) is 147 cm³/mol. The van der Waals surface area contributed by atoms with Gasteiger partial charge in [0.2, 0.25) is 23.3 Å². The van der Waals surface area contributed by atoms with Crippen LogP contribution in [0.2, 0.25) is 0 Å². The standard InChI is InChI=1S/C30HF13N12/c31-20-16-10(12(6-48)18(14(16)8(2-44)3-45)21-50-23(27(32,33)34)54-24(51-21)28(35,36)37)1-11-13(7-49)19(15(17(11)20)9(4-46)5-47)22-52-25(29(38,39)40)55-26(53-22)30(41,42)43/h1H. The average Bonchev–Trinajstić information content (AvgIpc) is 3.61. The monoisotopic (exact) mass is 776 g/mol. The van der Waals surface area contributed by atoms with Crippen LogP contribution in [0.3, 0.4) is 0 Å². The van der Waals surface area contributed by atoms with E-state index in [1.165, 1.54) is 36.4 Å². The van der Waals surface area contributed by atoms with Gasteiger partial charge in [0, 0.05) is 44.5 Å². The number of halogens is 13. The maximum atomic E-state index is 17.1. The molecule has 0 spiro atoms. The lowest BCUT2D eigenvalue weighted by atomic mass is 9.90. The highest BCUT2D eigenvalue weighted by Gasteiger charge is 2.47. The lowest BCUT2D eigenvalue weighted by Gasteiger charge is -2.15. The van der Waals surface area contributed by atoms with Crippen molar-refractivity contribution in [1.82, 2.24) is 29.9 Å². The molecule has 0 bridgehead atoms. The molecule has 0 fully saturated rings. The number of benzene rings is 1. The summed E-state index contributed by atoms with van der Waals surface area (Å²) in [5, 5.41) is 59.2. The van der Waals surface area contributed by atoms with Crippen LogP contribution in [-0.4, -0.2) is 29.9 Å². The van der Waals surface area contributed by atoms with Crippen molar-refractivity contribution in [3.05, 3.63) is 80.2 Å². The number of fused-ring (bicyclic) bond motifs is 2. The first-order valence-electron chi connectivity index (χ1n) is 13.6. The molecule has 0 amide bonds. The van der Waals surface area contributed by atoms with Crippen molar-refractivity contribution in [2.75, 3.05) is 0 Å². The summed E-state index contributed by atoms with van der Waals surface area (Å²) in [6.07, 6.45) is -23.0. The van der Waals surface area contributed by atoms with Gasteiger partial charge in [-0.3, -0.25) is 0 Å². The summed E-state index contributed by atoms with van der Waals surface area (Å²) in [7, 11) is 0.